The SMILES string of the molecule is COc1cccc(C(=O)Oc2cccc(-c3nc4cc(C)ccn4c3NC(C)(C)CC(C)(C)C)c2)c1. The molecule has 0 bridgehead atoms. The maximum Gasteiger partial charge on any atom is 0.343 e. The maximum atomic E-state index is 12.8. The molecule has 2 aromatic heterocycles. The molecule has 0 radical (unpaired) electrons. The Morgan fingerprint density at radius 2 is 1.69 bits per heavy atom. The highest BCUT2D eigenvalue weighted by atomic mass is 16.5. The van der Waals surface area contributed by atoms with Crippen molar-refractivity contribution in [3.05, 3.63) is 78.0 Å². The summed E-state index contributed by atoms with van der Waals surface area (Å²) in [5, 5.41) is 3.76. The van der Waals surface area contributed by atoms with Crippen LogP contribution >= 0.6 is 0 Å². The molecule has 188 valence electrons. The maximum absolute atomic E-state index is 12.8. The Bertz CT molecular complexity index is 1400. The molecule has 0 amide bonds. The quantitative estimate of drug-likeness (QED) is 0.222. The monoisotopic (exact) mass is 485 g/mol. The number of hydrogen-bond acceptors (Lipinski definition) is 5. The van der Waals surface area contributed by atoms with Crippen molar-refractivity contribution in [1.82, 2.24) is 9.38 Å². The van der Waals surface area contributed by atoms with E-state index in [1.54, 1.807) is 37.4 Å². The third kappa shape index (κ3) is 5.88. The Balaban J connectivity index is 1.71. The van der Waals surface area contributed by atoms with Gasteiger partial charge in [0.1, 0.15) is 28.7 Å². The van der Waals surface area contributed by atoms with E-state index < -0.39 is 5.97 Å². The zero-order chi connectivity index (χ0) is 26.1. The van der Waals surface area contributed by atoms with Gasteiger partial charge in [-0.15, -0.1) is 0 Å². The first kappa shape index (κ1) is 25.3. The van der Waals surface area contributed by atoms with Gasteiger partial charge in [0, 0.05) is 17.3 Å². The number of nitrogens with one attached hydrogen (secondary N) is 1. The molecule has 0 aliphatic heterocycles. The number of aromatic nitrogens is 2. The standard InChI is InChI=1S/C30H35N3O3/c1-20-14-15-33-25(16-20)31-26(27(33)32-30(5,6)19-29(2,3)4)21-10-8-13-24(17-21)36-28(34)22-11-9-12-23(18-22)35-7/h8-18,32H,19H2,1-7H3. The molecule has 0 aliphatic rings. The predicted octanol–water partition coefficient (Wildman–Crippen LogP) is 7.16. The molecule has 2 heterocycles. The van der Waals surface area contributed by atoms with Gasteiger partial charge in [-0.3, -0.25) is 4.40 Å². The minimum atomic E-state index is -0.443. The molecule has 0 fully saturated rings. The highest BCUT2D eigenvalue weighted by molar-refractivity contribution is 5.91. The van der Waals surface area contributed by atoms with Crippen LogP contribution in [-0.4, -0.2) is 28.0 Å². The summed E-state index contributed by atoms with van der Waals surface area (Å²) in [7, 11) is 1.57. The van der Waals surface area contributed by atoms with Crippen LogP contribution in [0.5, 0.6) is 11.5 Å². The van der Waals surface area contributed by atoms with Crippen LogP contribution in [0, 0.1) is 12.3 Å². The molecule has 4 aromatic rings. The summed E-state index contributed by atoms with van der Waals surface area (Å²) in [5.41, 5.74) is 4.07. The number of methoxy groups -OCH3 is 1. The first-order valence-corrected chi connectivity index (χ1v) is 12.2. The van der Waals surface area contributed by atoms with E-state index >= 15 is 0 Å². The fraction of sp³-hybridized carbons (Fsp3) is 0.333. The van der Waals surface area contributed by atoms with Gasteiger partial charge < -0.3 is 14.8 Å². The number of carbonyl (C=O) groups excluding carboxylic acids is 1. The normalized spacial score (nSPS) is 12.0. The van der Waals surface area contributed by atoms with Crippen molar-refractivity contribution in [3.8, 4) is 22.8 Å². The number of anilines is 1. The summed E-state index contributed by atoms with van der Waals surface area (Å²) in [6.45, 7) is 13.2. The molecule has 0 saturated heterocycles. The highest BCUT2D eigenvalue weighted by Crippen LogP contribution is 2.36. The Hall–Kier alpha value is -3.80. The van der Waals surface area contributed by atoms with E-state index in [4.69, 9.17) is 14.5 Å². The zero-order valence-electron chi connectivity index (χ0n) is 22.2. The summed E-state index contributed by atoms with van der Waals surface area (Å²) >= 11 is 0. The van der Waals surface area contributed by atoms with Crippen molar-refractivity contribution >= 4 is 17.4 Å². The van der Waals surface area contributed by atoms with Crippen molar-refractivity contribution in [1.29, 1.82) is 0 Å². The van der Waals surface area contributed by atoms with E-state index in [2.05, 4.69) is 63.4 Å². The van der Waals surface area contributed by atoms with Gasteiger partial charge in [-0.2, -0.15) is 0 Å². The van der Waals surface area contributed by atoms with E-state index in [1.807, 2.05) is 24.4 Å². The topological polar surface area (TPSA) is 64.9 Å². The molecule has 6 heteroatoms. The smallest absolute Gasteiger partial charge is 0.343 e. The van der Waals surface area contributed by atoms with E-state index in [-0.39, 0.29) is 11.0 Å². The van der Waals surface area contributed by atoms with Gasteiger partial charge in [0.25, 0.3) is 0 Å². The minimum Gasteiger partial charge on any atom is -0.497 e. The summed E-state index contributed by atoms with van der Waals surface area (Å²) < 4.78 is 13.0. The number of hydrogen-bond donors (Lipinski definition) is 1. The average Bonchev–Trinajstić information content (AvgIpc) is 3.14. The van der Waals surface area contributed by atoms with Gasteiger partial charge in [0.15, 0.2) is 0 Å². The molecule has 1 N–H and O–H groups in total. The summed E-state index contributed by atoms with van der Waals surface area (Å²) in [6.07, 6.45) is 3.01. The number of aryl methyl sites for hydroxylation is 1. The van der Waals surface area contributed by atoms with Crippen LogP contribution in [0.3, 0.4) is 0 Å². The van der Waals surface area contributed by atoms with Gasteiger partial charge in [-0.1, -0.05) is 39.0 Å². The second-order valence-electron chi connectivity index (χ2n) is 11.1. The first-order valence-electron chi connectivity index (χ1n) is 12.2. The molecule has 0 spiro atoms. The van der Waals surface area contributed by atoms with Gasteiger partial charge in [-0.05, 0) is 80.6 Å². The number of esters is 1. The van der Waals surface area contributed by atoms with Crippen molar-refractivity contribution < 1.29 is 14.3 Å². The summed E-state index contributed by atoms with van der Waals surface area (Å²) in [6, 6.07) is 18.6. The first-order chi connectivity index (χ1) is 16.9. The largest absolute Gasteiger partial charge is 0.497 e. The Kier molecular flexibility index (Phi) is 6.81. The van der Waals surface area contributed by atoms with Crippen molar-refractivity contribution in [2.45, 2.75) is 53.5 Å². The molecular formula is C30H35N3O3. The number of pyridine rings is 1. The lowest BCUT2D eigenvalue weighted by atomic mass is 9.82. The molecule has 4 rings (SSSR count). The van der Waals surface area contributed by atoms with E-state index in [1.165, 1.54) is 0 Å². The minimum absolute atomic E-state index is 0.155. The van der Waals surface area contributed by atoms with E-state index in [9.17, 15) is 4.79 Å². The predicted molar refractivity (Wildman–Crippen MR) is 145 cm³/mol. The number of nitrogens with zero attached hydrogens (tertiary/aromatic N) is 2. The van der Waals surface area contributed by atoms with Crippen LogP contribution in [-0.2, 0) is 0 Å². The Morgan fingerprint density at radius 1 is 0.972 bits per heavy atom. The zero-order valence-corrected chi connectivity index (χ0v) is 22.2. The molecule has 6 nitrogen and oxygen atoms in total. The Morgan fingerprint density at radius 3 is 2.42 bits per heavy atom. The number of carbonyl (C=O) groups is 1. The van der Waals surface area contributed by atoms with Crippen LogP contribution < -0.4 is 14.8 Å². The van der Waals surface area contributed by atoms with E-state index in [0.717, 1.165) is 34.7 Å². The van der Waals surface area contributed by atoms with Crippen LogP contribution in [0.4, 0.5) is 5.82 Å². The molecule has 0 atom stereocenters. The van der Waals surface area contributed by atoms with Crippen molar-refractivity contribution in [2.24, 2.45) is 5.41 Å². The second-order valence-corrected chi connectivity index (χ2v) is 11.1. The summed E-state index contributed by atoms with van der Waals surface area (Å²) in [4.78, 5) is 17.8. The lowest BCUT2D eigenvalue weighted by Crippen LogP contribution is -2.36. The van der Waals surface area contributed by atoms with Crippen LogP contribution in [0.2, 0.25) is 0 Å². The third-order valence-electron chi connectivity index (χ3n) is 5.83. The lowest BCUT2D eigenvalue weighted by molar-refractivity contribution is 0.0734. The molecule has 0 aliphatic carbocycles. The molecule has 0 unspecified atom stereocenters. The van der Waals surface area contributed by atoms with Gasteiger partial charge >= 0.3 is 5.97 Å². The van der Waals surface area contributed by atoms with Crippen molar-refractivity contribution in [2.75, 3.05) is 12.4 Å². The molecular weight excluding hydrogens is 450 g/mol. The van der Waals surface area contributed by atoms with Crippen molar-refractivity contribution in [3.63, 3.8) is 0 Å². The van der Waals surface area contributed by atoms with Gasteiger partial charge in [0.2, 0.25) is 0 Å². The van der Waals surface area contributed by atoms with E-state index in [0.29, 0.717) is 17.1 Å². The fourth-order valence-corrected chi connectivity index (χ4v) is 4.78. The van der Waals surface area contributed by atoms with Crippen LogP contribution in [0.25, 0.3) is 16.9 Å². The Labute approximate surface area is 213 Å². The molecule has 0 saturated carbocycles. The molecule has 2 aromatic carbocycles. The third-order valence-corrected chi connectivity index (χ3v) is 5.83. The number of ether oxygens (including phenoxy) is 2. The number of fused-ring (bicyclic) bond motifs is 1. The average molecular weight is 486 g/mol. The number of benzene rings is 2. The lowest BCUT2D eigenvalue weighted by Gasteiger charge is -2.34. The number of rotatable bonds is 7. The van der Waals surface area contributed by atoms with Crippen LogP contribution in [0.15, 0.2) is 66.9 Å². The second kappa shape index (κ2) is 9.69. The number of imidazole rings is 1. The summed E-state index contributed by atoms with van der Waals surface area (Å²) in [5.74, 6) is 1.53. The van der Waals surface area contributed by atoms with Gasteiger partial charge in [0.05, 0.1) is 12.7 Å². The van der Waals surface area contributed by atoms with Crippen LogP contribution in [0.1, 0.15) is 57.0 Å². The van der Waals surface area contributed by atoms with Gasteiger partial charge in [-0.25, -0.2) is 9.78 Å². The molecule has 36 heavy (non-hydrogen) atoms. The fourth-order valence-electron chi connectivity index (χ4n) is 4.78. The highest BCUT2D eigenvalue weighted by Gasteiger charge is 2.28.